The van der Waals surface area contributed by atoms with E-state index in [4.69, 9.17) is 4.74 Å². The van der Waals surface area contributed by atoms with Gasteiger partial charge in [0.1, 0.15) is 18.8 Å². The van der Waals surface area contributed by atoms with Crippen LogP contribution in [0.15, 0.2) is 24.3 Å². The van der Waals surface area contributed by atoms with Gasteiger partial charge in [0, 0.05) is 6.42 Å². The van der Waals surface area contributed by atoms with E-state index < -0.39 is 11.9 Å². The highest BCUT2D eigenvalue weighted by molar-refractivity contribution is 5.85. The van der Waals surface area contributed by atoms with Gasteiger partial charge in [-0.15, -0.1) is 0 Å². The molecule has 7 nitrogen and oxygen atoms in total. The maximum absolute atomic E-state index is 12.3. The molecule has 0 N–H and O–H groups in total. The zero-order chi connectivity index (χ0) is 20.4. The lowest BCUT2D eigenvalue weighted by atomic mass is 9.87. The molecule has 0 aliphatic rings. The molecule has 0 radical (unpaired) electrons. The molecule has 1 aromatic rings. The zero-order valence-corrected chi connectivity index (χ0v) is 16.7. The van der Waals surface area contributed by atoms with Crippen LogP contribution in [0.2, 0.25) is 0 Å². The monoisotopic (exact) mass is 379 g/mol. The first-order valence-corrected chi connectivity index (χ1v) is 8.82. The summed E-state index contributed by atoms with van der Waals surface area (Å²) in [7, 11) is 2.45. The second-order valence-corrected chi connectivity index (χ2v) is 7.13. The number of amides is 1. The largest absolute Gasteiger partial charge is 0.494 e. The summed E-state index contributed by atoms with van der Waals surface area (Å²) < 4.78 is 14.8. The van der Waals surface area contributed by atoms with E-state index in [0.29, 0.717) is 13.0 Å². The van der Waals surface area contributed by atoms with Crippen molar-refractivity contribution in [3.8, 4) is 5.75 Å². The molecule has 0 atom stereocenters. The summed E-state index contributed by atoms with van der Waals surface area (Å²) in [6, 6.07) is 7.86. The van der Waals surface area contributed by atoms with Crippen molar-refractivity contribution >= 4 is 17.8 Å². The van der Waals surface area contributed by atoms with Gasteiger partial charge in [0.25, 0.3) is 0 Å². The molecule has 7 heteroatoms. The summed E-state index contributed by atoms with van der Waals surface area (Å²) in [4.78, 5) is 36.2. The van der Waals surface area contributed by atoms with Crippen molar-refractivity contribution < 1.29 is 28.6 Å². The van der Waals surface area contributed by atoms with Gasteiger partial charge in [-0.1, -0.05) is 32.9 Å². The molecule has 0 saturated carbocycles. The van der Waals surface area contributed by atoms with E-state index in [-0.39, 0.29) is 30.8 Å². The summed E-state index contributed by atoms with van der Waals surface area (Å²) in [6.45, 7) is 6.19. The van der Waals surface area contributed by atoms with E-state index in [0.717, 1.165) is 10.6 Å². The van der Waals surface area contributed by atoms with Crippen molar-refractivity contribution in [1.82, 2.24) is 4.90 Å². The number of hydrogen-bond donors (Lipinski definition) is 0. The lowest BCUT2D eigenvalue weighted by Gasteiger charge is -2.20. The Labute approximate surface area is 160 Å². The first-order chi connectivity index (χ1) is 12.7. The molecule has 1 aromatic carbocycles. The van der Waals surface area contributed by atoms with Gasteiger partial charge in [-0.05, 0) is 29.5 Å². The van der Waals surface area contributed by atoms with Crippen molar-refractivity contribution in [3.63, 3.8) is 0 Å². The van der Waals surface area contributed by atoms with Crippen LogP contribution in [-0.4, -0.2) is 56.7 Å². The fourth-order valence-corrected chi connectivity index (χ4v) is 2.30. The molecule has 27 heavy (non-hydrogen) atoms. The average molecular weight is 379 g/mol. The van der Waals surface area contributed by atoms with Crippen LogP contribution in [0.3, 0.4) is 0 Å². The maximum atomic E-state index is 12.3. The van der Waals surface area contributed by atoms with Gasteiger partial charge >= 0.3 is 11.9 Å². The van der Waals surface area contributed by atoms with Gasteiger partial charge in [0.05, 0.1) is 20.8 Å². The van der Waals surface area contributed by atoms with Crippen LogP contribution in [0.4, 0.5) is 0 Å². The van der Waals surface area contributed by atoms with Gasteiger partial charge in [-0.2, -0.15) is 0 Å². The summed E-state index contributed by atoms with van der Waals surface area (Å²) in [5.74, 6) is -0.793. The first kappa shape index (κ1) is 22.5. The quantitative estimate of drug-likeness (QED) is 0.484. The van der Waals surface area contributed by atoms with Gasteiger partial charge in [0.2, 0.25) is 5.91 Å². The minimum atomic E-state index is -0.595. The van der Waals surface area contributed by atoms with Gasteiger partial charge in [0.15, 0.2) is 0 Å². The number of hydrogen-bond acceptors (Lipinski definition) is 6. The topological polar surface area (TPSA) is 82.1 Å². The number of benzene rings is 1. The van der Waals surface area contributed by atoms with E-state index >= 15 is 0 Å². The fraction of sp³-hybridized carbons (Fsp3) is 0.550. The summed E-state index contributed by atoms with van der Waals surface area (Å²) in [5.41, 5.74) is 1.29. The van der Waals surface area contributed by atoms with Crippen molar-refractivity contribution in [3.05, 3.63) is 29.8 Å². The highest BCUT2D eigenvalue weighted by atomic mass is 16.5. The van der Waals surface area contributed by atoms with E-state index in [9.17, 15) is 14.4 Å². The second-order valence-electron chi connectivity index (χ2n) is 7.13. The SMILES string of the molecule is COC(=O)CN(CC(=O)OC)C(=O)CCCOc1ccc(C(C)(C)C)cc1. The fourth-order valence-electron chi connectivity index (χ4n) is 2.30. The minimum absolute atomic E-state index is 0.0771. The van der Waals surface area contributed by atoms with Gasteiger partial charge in [-0.25, -0.2) is 0 Å². The van der Waals surface area contributed by atoms with Crippen LogP contribution in [-0.2, 0) is 29.3 Å². The maximum Gasteiger partial charge on any atom is 0.325 e. The summed E-state index contributed by atoms with van der Waals surface area (Å²) in [5, 5.41) is 0. The van der Waals surface area contributed by atoms with E-state index in [1.165, 1.54) is 19.8 Å². The molecule has 0 fully saturated rings. The molecule has 0 heterocycles. The number of esters is 2. The Hall–Kier alpha value is -2.57. The Kier molecular flexibility index (Phi) is 8.78. The van der Waals surface area contributed by atoms with Gasteiger partial charge < -0.3 is 19.1 Å². The lowest BCUT2D eigenvalue weighted by Crippen LogP contribution is -2.40. The van der Waals surface area contributed by atoms with Crippen molar-refractivity contribution in [2.24, 2.45) is 0 Å². The Morgan fingerprint density at radius 1 is 0.926 bits per heavy atom. The predicted molar refractivity (Wildman–Crippen MR) is 100 cm³/mol. The highest BCUT2D eigenvalue weighted by Gasteiger charge is 2.20. The third-order valence-electron chi connectivity index (χ3n) is 3.97. The van der Waals surface area contributed by atoms with Crippen LogP contribution < -0.4 is 4.74 Å². The van der Waals surface area contributed by atoms with E-state index in [1.54, 1.807) is 0 Å². The Morgan fingerprint density at radius 2 is 1.44 bits per heavy atom. The van der Waals surface area contributed by atoms with Crippen molar-refractivity contribution in [1.29, 1.82) is 0 Å². The predicted octanol–water partition coefficient (Wildman–Crippen LogP) is 2.32. The Balaban J connectivity index is 2.48. The molecule has 1 amide bonds. The summed E-state index contributed by atoms with van der Waals surface area (Å²) in [6.07, 6.45) is 0.604. The lowest BCUT2D eigenvalue weighted by molar-refractivity contribution is -0.152. The molecule has 0 aromatic heterocycles. The molecule has 0 aliphatic carbocycles. The van der Waals surface area contributed by atoms with Crippen LogP contribution in [0.5, 0.6) is 5.75 Å². The smallest absolute Gasteiger partial charge is 0.325 e. The summed E-state index contributed by atoms with van der Waals surface area (Å²) >= 11 is 0. The van der Waals surface area contributed by atoms with Crippen LogP contribution in [0.1, 0.15) is 39.2 Å². The van der Waals surface area contributed by atoms with Crippen LogP contribution >= 0.6 is 0 Å². The number of carbonyl (C=O) groups excluding carboxylic acids is 3. The zero-order valence-electron chi connectivity index (χ0n) is 16.7. The molecule has 0 spiro atoms. The van der Waals surface area contributed by atoms with Crippen molar-refractivity contribution in [2.75, 3.05) is 33.9 Å². The molecule has 0 bridgehead atoms. The first-order valence-electron chi connectivity index (χ1n) is 8.82. The number of ether oxygens (including phenoxy) is 3. The number of methoxy groups -OCH3 is 2. The molecule has 1 rings (SSSR count). The van der Waals surface area contributed by atoms with Crippen LogP contribution in [0.25, 0.3) is 0 Å². The molecule has 0 unspecified atom stereocenters. The Morgan fingerprint density at radius 3 is 1.89 bits per heavy atom. The van der Waals surface area contributed by atoms with E-state index in [2.05, 4.69) is 30.2 Å². The normalized spacial score (nSPS) is 10.9. The number of carbonyl (C=O) groups is 3. The third-order valence-corrected chi connectivity index (χ3v) is 3.97. The van der Waals surface area contributed by atoms with Crippen LogP contribution in [0, 0.1) is 0 Å². The molecular formula is C20H29NO6. The molecule has 0 aliphatic heterocycles. The number of nitrogens with zero attached hydrogens (tertiary/aromatic N) is 1. The molecule has 0 saturated heterocycles. The van der Waals surface area contributed by atoms with Crippen molar-refractivity contribution in [2.45, 2.75) is 39.0 Å². The standard InChI is InChI=1S/C20H29NO6/c1-20(2,3)15-8-10-16(11-9-15)27-12-6-7-17(22)21(13-18(23)25-4)14-19(24)26-5/h8-11H,6-7,12-14H2,1-5H3. The molecule has 150 valence electrons. The Bertz CT molecular complexity index is 615. The van der Waals surface area contributed by atoms with Gasteiger partial charge in [-0.3, -0.25) is 14.4 Å². The minimum Gasteiger partial charge on any atom is -0.494 e. The van der Waals surface area contributed by atoms with E-state index in [1.807, 2.05) is 24.3 Å². The number of rotatable bonds is 9. The third kappa shape index (κ3) is 8.11. The average Bonchev–Trinajstić information content (AvgIpc) is 2.63. The molecular weight excluding hydrogens is 350 g/mol. The second kappa shape index (κ2) is 10.5. The highest BCUT2D eigenvalue weighted by Crippen LogP contribution is 2.24.